The number of hydrogen-bond acceptors (Lipinski definition) is 3. The van der Waals surface area contributed by atoms with Crippen molar-refractivity contribution in [3.05, 3.63) is 28.2 Å². The number of nitrogens with one attached hydrogen (secondary N) is 1. The molecule has 0 radical (unpaired) electrons. The van der Waals surface area contributed by atoms with Gasteiger partial charge in [-0.1, -0.05) is 12.5 Å². The van der Waals surface area contributed by atoms with Gasteiger partial charge >= 0.3 is 5.97 Å². The van der Waals surface area contributed by atoms with Gasteiger partial charge in [0.1, 0.15) is 0 Å². The summed E-state index contributed by atoms with van der Waals surface area (Å²) in [5, 5.41) is 22.0. The predicted molar refractivity (Wildman–Crippen MR) is 72.9 cm³/mol. The highest BCUT2D eigenvalue weighted by Gasteiger charge is 2.25. The van der Waals surface area contributed by atoms with Gasteiger partial charge in [-0.25, -0.2) is 4.79 Å². The SMILES string of the molecule is O=C(O)c1c(Br)cccc1NCC1CCCC1O. The summed E-state index contributed by atoms with van der Waals surface area (Å²) < 4.78 is 0.562. The van der Waals surface area contributed by atoms with Crippen LogP contribution in [0, 0.1) is 5.92 Å². The maximum atomic E-state index is 11.2. The Balaban J connectivity index is 2.09. The van der Waals surface area contributed by atoms with Crippen molar-refractivity contribution in [3.63, 3.8) is 0 Å². The van der Waals surface area contributed by atoms with Crippen LogP contribution >= 0.6 is 15.9 Å². The van der Waals surface area contributed by atoms with Crippen molar-refractivity contribution in [1.29, 1.82) is 0 Å². The summed E-state index contributed by atoms with van der Waals surface area (Å²) in [4.78, 5) is 11.2. The Hall–Kier alpha value is -1.07. The zero-order valence-corrected chi connectivity index (χ0v) is 11.5. The van der Waals surface area contributed by atoms with Crippen LogP contribution in [0.25, 0.3) is 0 Å². The van der Waals surface area contributed by atoms with E-state index in [1.165, 1.54) is 0 Å². The van der Waals surface area contributed by atoms with Crippen molar-refractivity contribution in [3.8, 4) is 0 Å². The molecule has 2 unspecified atom stereocenters. The second-order valence-electron chi connectivity index (χ2n) is 4.61. The molecule has 1 fully saturated rings. The minimum Gasteiger partial charge on any atom is -0.478 e. The summed E-state index contributed by atoms with van der Waals surface area (Å²) in [5.41, 5.74) is 0.834. The molecule has 0 aliphatic heterocycles. The van der Waals surface area contributed by atoms with Gasteiger partial charge in [0.15, 0.2) is 0 Å². The molecule has 0 spiro atoms. The average Bonchev–Trinajstić information content (AvgIpc) is 2.71. The van der Waals surface area contributed by atoms with Crippen molar-refractivity contribution in [1.82, 2.24) is 0 Å². The van der Waals surface area contributed by atoms with Crippen LogP contribution in [0.1, 0.15) is 29.6 Å². The average molecular weight is 314 g/mol. The fourth-order valence-electron chi connectivity index (χ4n) is 2.39. The van der Waals surface area contributed by atoms with E-state index < -0.39 is 5.97 Å². The summed E-state index contributed by atoms with van der Waals surface area (Å²) in [5.74, 6) is -0.748. The van der Waals surface area contributed by atoms with E-state index >= 15 is 0 Å². The van der Waals surface area contributed by atoms with Gasteiger partial charge in [0.05, 0.1) is 11.7 Å². The number of rotatable bonds is 4. The van der Waals surface area contributed by atoms with Gasteiger partial charge in [0, 0.05) is 22.6 Å². The van der Waals surface area contributed by atoms with E-state index in [2.05, 4.69) is 21.2 Å². The van der Waals surface area contributed by atoms with Gasteiger partial charge in [-0.15, -0.1) is 0 Å². The van der Waals surface area contributed by atoms with Crippen molar-refractivity contribution in [2.75, 3.05) is 11.9 Å². The van der Waals surface area contributed by atoms with Crippen LogP contribution in [-0.4, -0.2) is 28.8 Å². The maximum Gasteiger partial charge on any atom is 0.338 e. The Bertz CT molecular complexity index is 450. The molecule has 4 nitrogen and oxygen atoms in total. The smallest absolute Gasteiger partial charge is 0.338 e. The van der Waals surface area contributed by atoms with Gasteiger partial charge in [-0.05, 0) is 40.9 Å². The monoisotopic (exact) mass is 313 g/mol. The first-order valence-electron chi connectivity index (χ1n) is 6.03. The highest BCUT2D eigenvalue weighted by atomic mass is 79.9. The molecule has 0 amide bonds. The van der Waals surface area contributed by atoms with Crippen LogP contribution in [0.5, 0.6) is 0 Å². The van der Waals surface area contributed by atoms with E-state index in [0.717, 1.165) is 19.3 Å². The van der Waals surface area contributed by atoms with E-state index in [9.17, 15) is 15.0 Å². The van der Waals surface area contributed by atoms with E-state index in [4.69, 9.17) is 0 Å². The van der Waals surface area contributed by atoms with E-state index in [0.29, 0.717) is 16.7 Å². The Morgan fingerprint density at radius 1 is 1.44 bits per heavy atom. The Kier molecular flexibility index (Phi) is 4.24. The molecule has 0 saturated heterocycles. The molecular weight excluding hydrogens is 298 g/mol. The van der Waals surface area contributed by atoms with Gasteiger partial charge in [-0.2, -0.15) is 0 Å². The largest absolute Gasteiger partial charge is 0.478 e. The summed E-state index contributed by atoms with van der Waals surface area (Å²) in [6.07, 6.45) is 2.61. The third-order valence-corrected chi connectivity index (χ3v) is 4.06. The van der Waals surface area contributed by atoms with Crippen molar-refractivity contribution in [2.24, 2.45) is 5.92 Å². The first-order valence-corrected chi connectivity index (χ1v) is 6.82. The minimum absolute atomic E-state index is 0.214. The van der Waals surface area contributed by atoms with E-state index in [1.807, 2.05) is 0 Å². The third kappa shape index (κ3) is 2.84. The van der Waals surface area contributed by atoms with E-state index in [-0.39, 0.29) is 17.6 Å². The standard InChI is InChI=1S/C13H16BrNO3/c14-9-4-2-5-10(12(9)13(17)18)15-7-8-3-1-6-11(8)16/h2,4-5,8,11,15-16H,1,3,6-7H2,(H,17,18). The topological polar surface area (TPSA) is 69.6 Å². The van der Waals surface area contributed by atoms with E-state index in [1.54, 1.807) is 18.2 Å². The highest BCUT2D eigenvalue weighted by Crippen LogP contribution is 2.28. The number of benzene rings is 1. The van der Waals surface area contributed by atoms with Crippen molar-refractivity contribution < 1.29 is 15.0 Å². The molecule has 5 heteroatoms. The first kappa shape index (κ1) is 13.4. The normalized spacial score (nSPS) is 23.0. The number of aliphatic hydroxyl groups is 1. The molecule has 1 aliphatic carbocycles. The zero-order chi connectivity index (χ0) is 13.1. The van der Waals surface area contributed by atoms with Crippen molar-refractivity contribution in [2.45, 2.75) is 25.4 Å². The minimum atomic E-state index is -0.961. The lowest BCUT2D eigenvalue weighted by atomic mass is 10.1. The molecule has 3 N–H and O–H groups in total. The molecule has 0 heterocycles. The number of halogens is 1. The van der Waals surface area contributed by atoms with Crippen LogP contribution in [0.4, 0.5) is 5.69 Å². The molecule has 1 aromatic carbocycles. The zero-order valence-electron chi connectivity index (χ0n) is 9.90. The van der Waals surface area contributed by atoms with Crippen LogP contribution in [-0.2, 0) is 0 Å². The second-order valence-corrected chi connectivity index (χ2v) is 5.46. The molecule has 0 bridgehead atoms. The molecule has 2 atom stereocenters. The fraction of sp³-hybridized carbons (Fsp3) is 0.462. The summed E-state index contributed by atoms with van der Waals surface area (Å²) in [7, 11) is 0. The molecule has 1 saturated carbocycles. The number of carboxylic acid groups (broad SMARTS) is 1. The Labute approximate surface area is 114 Å². The first-order chi connectivity index (χ1) is 8.59. The third-order valence-electron chi connectivity index (χ3n) is 3.40. The summed E-state index contributed by atoms with van der Waals surface area (Å²) in [6, 6.07) is 5.25. The summed E-state index contributed by atoms with van der Waals surface area (Å²) >= 11 is 3.24. The second kappa shape index (κ2) is 5.71. The van der Waals surface area contributed by atoms with Crippen LogP contribution < -0.4 is 5.32 Å². The highest BCUT2D eigenvalue weighted by molar-refractivity contribution is 9.10. The van der Waals surface area contributed by atoms with Gasteiger partial charge in [0.25, 0.3) is 0 Å². The lowest BCUT2D eigenvalue weighted by Crippen LogP contribution is -2.22. The number of carboxylic acids is 1. The van der Waals surface area contributed by atoms with Crippen LogP contribution in [0.15, 0.2) is 22.7 Å². The lowest BCUT2D eigenvalue weighted by molar-refractivity contribution is 0.0697. The Morgan fingerprint density at radius 3 is 2.83 bits per heavy atom. The fourth-order valence-corrected chi connectivity index (χ4v) is 2.92. The summed E-state index contributed by atoms with van der Waals surface area (Å²) in [6.45, 7) is 0.609. The lowest BCUT2D eigenvalue weighted by Gasteiger charge is -2.17. The molecule has 98 valence electrons. The van der Waals surface area contributed by atoms with Gasteiger partial charge < -0.3 is 15.5 Å². The number of hydrogen-bond donors (Lipinski definition) is 3. The number of carbonyl (C=O) groups is 1. The van der Waals surface area contributed by atoms with Gasteiger partial charge in [-0.3, -0.25) is 0 Å². The number of anilines is 1. The molecular formula is C13H16BrNO3. The molecule has 1 aliphatic rings. The van der Waals surface area contributed by atoms with Crippen LogP contribution in [0.3, 0.4) is 0 Å². The van der Waals surface area contributed by atoms with Gasteiger partial charge in [0.2, 0.25) is 0 Å². The molecule has 2 rings (SSSR count). The number of aliphatic hydroxyl groups excluding tert-OH is 1. The molecule has 0 aromatic heterocycles. The van der Waals surface area contributed by atoms with Crippen molar-refractivity contribution >= 4 is 27.6 Å². The molecule has 1 aromatic rings. The van der Waals surface area contributed by atoms with Crippen LogP contribution in [0.2, 0.25) is 0 Å². The maximum absolute atomic E-state index is 11.2. The Morgan fingerprint density at radius 2 is 2.22 bits per heavy atom. The predicted octanol–water partition coefficient (Wildman–Crippen LogP) is 2.72. The quantitative estimate of drug-likeness (QED) is 0.799. The number of aromatic carboxylic acids is 1. The molecule has 18 heavy (non-hydrogen) atoms.